The van der Waals surface area contributed by atoms with E-state index in [1.54, 1.807) is 6.20 Å². The van der Waals surface area contributed by atoms with Gasteiger partial charge >= 0.3 is 0 Å². The fourth-order valence-electron chi connectivity index (χ4n) is 2.61. The van der Waals surface area contributed by atoms with Crippen molar-refractivity contribution in [3.63, 3.8) is 0 Å². The number of aromatic amines is 1. The highest BCUT2D eigenvalue weighted by molar-refractivity contribution is 5.44. The Morgan fingerprint density at radius 1 is 1.32 bits per heavy atom. The Bertz CT molecular complexity index is 582. The maximum absolute atomic E-state index is 9.33. The van der Waals surface area contributed by atoms with Crippen LogP contribution in [-0.2, 0) is 6.54 Å². The molecule has 0 aliphatic heterocycles. The van der Waals surface area contributed by atoms with E-state index in [4.69, 9.17) is 0 Å². The van der Waals surface area contributed by atoms with E-state index in [1.165, 1.54) is 11.3 Å². The summed E-state index contributed by atoms with van der Waals surface area (Å²) in [6.07, 6.45) is 3.72. The van der Waals surface area contributed by atoms with Crippen molar-refractivity contribution in [1.82, 2.24) is 14.8 Å². The van der Waals surface area contributed by atoms with Crippen LogP contribution in [0.15, 0.2) is 18.5 Å². The first-order chi connectivity index (χ1) is 9.04. The van der Waals surface area contributed by atoms with Crippen molar-refractivity contribution in [3.05, 3.63) is 41.0 Å². The highest BCUT2D eigenvalue weighted by atomic mass is 15.1. The molecule has 0 saturated carbocycles. The Morgan fingerprint density at radius 2 is 2.05 bits per heavy atom. The number of H-pyrrole nitrogens is 1. The van der Waals surface area contributed by atoms with E-state index < -0.39 is 0 Å². The number of aromatic nitrogens is 3. The second kappa shape index (κ2) is 5.31. The van der Waals surface area contributed by atoms with E-state index in [2.05, 4.69) is 48.5 Å². The number of nitrogens with one attached hydrogen (secondary N) is 1. The molecule has 4 nitrogen and oxygen atoms in total. The van der Waals surface area contributed by atoms with Gasteiger partial charge in [-0.2, -0.15) is 10.4 Å². The van der Waals surface area contributed by atoms with Crippen molar-refractivity contribution in [3.8, 4) is 6.07 Å². The van der Waals surface area contributed by atoms with Crippen LogP contribution < -0.4 is 0 Å². The maximum Gasteiger partial charge on any atom is 0.101 e. The molecule has 2 heterocycles. The van der Waals surface area contributed by atoms with Gasteiger partial charge in [-0.15, -0.1) is 0 Å². The summed E-state index contributed by atoms with van der Waals surface area (Å²) in [7, 11) is 0. The molecule has 0 fully saturated rings. The van der Waals surface area contributed by atoms with Crippen LogP contribution in [0.5, 0.6) is 0 Å². The molecule has 0 amide bonds. The van der Waals surface area contributed by atoms with E-state index in [9.17, 15) is 5.26 Å². The molecule has 100 valence electrons. The molecule has 2 aromatic heterocycles. The molecular formula is C15H20N4. The smallest absolute Gasteiger partial charge is 0.101 e. The van der Waals surface area contributed by atoms with Crippen molar-refractivity contribution >= 4 is 0 Å². The van der Waals surface area contributed by atoms with Crippen LogP contribution >= 0.6 is 0 Å². The van der Waals surface area contributed by atoms with Crippen molar-refractivity contribution in [2.75, 3.05) is 0 Å². The minimum Gasteiger partial charge on any atom is -0.344 e. The molecule has 2 rings (SSSR count). The van der Waals surface area contributed by atoms with E-state index >= 15 is 0 Å². The first-order valence-corrected chi connectivity index (χ1v) is 6.65. The molecule has 0 radical (unpaired) electrons. The number of nitriles is 1. The Balaban J connectivity index is 2.51. The second-order valence-corrected chi connectivity index (χ2v) is 5.47. The molecule has 0 spiro atoms. The highest BCUT2D eigenvalue weighted by Gasteiger charge is 2.20. The first kappa shape index (κ1) is 13.4. The van der Waals surface area contributed by atoms with Crippen LogP contribution in [0.25, 0.3) is 0 Å². The first-order valence-electron chi connectivity index (χ1n) is 6.65. The summed E-state index contributed by atoms with van der Waals surface area (Å²) in [6, 6.07) is 4.29. The predicted octanol–water partition coefficient (Wildman–Crippen LogP) is 3.38. The highest BCUT2D eigenvalue weighted by Crippen LogP contribution is 2.31. The van der Waals surface area contributed by atoms with Gasteiger partial charge in [0.1, 0.15) is 6.07 Å². The van der Waals surface area contributed by atoms with Crippen LogP contribution in [0.3, 0.4) is 0 Å². The number of rotatable bonds is 4. The van der Waals surface area contributed by atoms with Gasteiger partial charge in [-0.25, -0.2) is 0 Å². The minimum absolute atomic E-state index is 0.357. The van der Waals surface area contributed by atoms with Gasteiger partial charge in [0.2, 0.25) is 0 Å². The summed E-state index contributed by atoms with van der Waals surface area (Å²) < 4.78 is 2.17. The predicted molar refractivity (Wildman–Crippen MR) is 75.0 cm³/mol. The van der Waals surface area contributed by atoms with Crippen molar-refractivity contribution in [2.24, 2.45) is 0 Å². The summed E-state index contributed by atoms with van der Waals surface area (Å²) in [6.45, 7) is 9.36. The third kappa shape index (κ3) is 2.55. The van der Waals surface area contributed by atoms with Crippen LogP contribution in [0.1, 0.15) is 62.0 Å². The lowest BCUT2D eigenvalue weighted by atomic mass is 9.94. The van der Waals surface area contributed by atoms with Gasteiger partial charge in [0.05, 0.1) is 17.8 Å². The third-order valence-electron chi connectivity index (χ3n) is 3.30. The number of nitrogens with zero attached hydrogens (tertiary/aromatic N) is 3. The third-order valence-corrected chi connectivity index (χ3v) is 3.30. The molecule has 4 heteroatoms. The zero-order valence-corrected chi connectivity index (χ0v) is 11.9. The van der Waals surface area contributed by atoms with Crippen LogP contribution in [0.4, 0.5) is 0 Å². The Morgan fingerprint density at radius 3 is 2.53 bits per heavy atom. The van der Waals surface area contributed by atoms with Gasteiger partial charge in [0, 0.05) is 18.1 Å². The molecular weight excluding hydrogens is 236 g/mol. The average molecular weight is 256 g/mol. The van der Waals surface area contributed by atoms with Gasteiger partial charge in [0.15, 0.2) is 0 Å². The summed E-state index contributed by atoms with van der Waals surface area (Å²) in [4.78, 5) is 0. The molecule has 0 aromatic carbocycles. The van der Waals surface area contributed by atoms with Gasteiger partial charge in [0.25, 0.3) is 0 Å². The lowest BCUT2D eigenvalue weighted by Gasteiger charge is -2.16. The Hall–Kier alpha value is -2.02. The average Bonchev–Trinajstić information content (AvgIpc) is 2.96. The van der Waals surface area contributed by atoms with E-state index in [-0.39, 0.29) is 0 Å². The zero-order chi connectivity index (χ0) is 14.0. The van der Waals surface area contributed by atoms with E-state index in [0.29, 0.717) is 11.8 Å². The van der Waals surface area contributed by atoms with Crippen LogP contribution in [0.2, 0.25) is 0 Å². The Labute approximate surface area is 114 Å². The monoisotopic (exact) mass is 256 g/mol. The molecule has 0 saturated heterocycles. The largest absolute Gasteiger partial charge is 0.344 e. The molecule has 0 bridgehead atoms. The fourth-order valence-corrected chi connectivity index (χ4v) is 2.61. The number of hydrogen-bond donors (Lipinski definition) is 1. The number of hydrogen-bond acceptors (Lipinski definition) is 2. The Kier molecular flexibility index (Phi) is 3.75. The normalized spacial score (nSPS) is 11.2. The topological polar surface area (TPSA) is 57.4 Å². The van der Waals surface area contributed by atoms with Gasteiger partial charge < -0.3 is 4.57 Å². The van der Waals surface area contributed by atoms with Crippen molar-refractivity contribution in [1.29, 1.82) is 5.26 Å². The molecule has 2 aromatic rings. The van der Waals surface area contributed by atoms with E-state index in [0.717, 1.165) is 17.8 Å². The molecule has 1 N–H and O–H groups in total. The lowest BCUT2D eigenvalue weighted by molar-refractivity contribution is 0.663. The molecule has 0 aliphatic rings. The second-order valence-electron chi connectivity index (χ2n) is 5.47. The van der Waals surface area contributed by atoms with Gasteiger partial charge in [-0.1, -0.05) is 27.7 Å². The summed E-state index contributed by atoms with van der Waals surface area (Å²) >= 11 is 0. The minimum atomic E-state index is 0.357. The summed E-state index contributed by atoms with van der Waals surface area (Å²) in [5, 5.41) is 16.3. The van der Waals surface area contributed by atoms with Gasteiger partial charge in [-0.3, -0.25) is 5.10 Å². The van der Waals surface area contributed by atoms with Gasteiger partial charge in [-0.05, 0) is 23.5 Å². The van der Waals surface area contributed by atoms with Crippen LogP contribution in [0, 0.1) is 11.3 Å². The fraction of sp³-hybridized carbons (Fsp3) is 0.467. The standard InChI is InChI=1S/C15H20N4/c1-10(2)14-12(7-16)8-19(15(14)11(3)4)9-13-5-6-17-18-13/h5-6,8,10-11H,9H2,1-4H3,(H,17,18). The molecule has 19 heavy (non-hydrogen) atoms. The quantitative estimate of drug-likeness (QED) is 0.911. The molecule has 0 aliphatic carbocycles. The van der Waals surface area contributed by atoms with Crippen LogP contribution in [-0.4, -0.2) is 14.8 Å². The summed E-state index contributed by atoms with van der Waals surface area (Å²) in [5.74, 6) is 0.748. The SMILES string of the molecule is CC(C)c1c(C#N)cn(Cc2ccn[nH]2)c1C(C)C. The van der Waals surface area contributed by atoms with Crippen molar-refractivity contribution in [2.45, 2.75) is 46.1 Å². The van der Waals surface area contributed by atoms with Crippen molar-refractivity contribution < 1.29 is 0 Å². The summed E-state index contributed by atoms with van der Waals surface area (Å²) in [5.41, 5.74) is 4.27. The van der Waals surface area contributed by atoms with E-state index in [1.807, 2.05) is 12.3 Å². The maximum atomic E-state index is 9.33. The molecule has 0 atom stereocenters. The molecule has 0 unspecified atom stereocenters. The zero-order valence-electron chi connectivity index (χ0n) is 11.9. The lowest BCUT2D eigenvalue weighted by Crippen LogP contribution is -2.07.